The molecule has 8 heteroatoms. The Labute approximate surface area is 112 Å². The van der Waals surface area contributed by atoms with E-state index < -0.39 is 41.1 Å². The van der Waals surface area contributed by atoms with E-state index in [0.717, 1.165) is 6.08 Å². The van der Waals surface area contributed by atoms with Crippen LogP contribution in [0, 0.1) is 10.8 Å². The first kappa shape index (κ1) is 15.4. The molecule has 4 N–H and O–H groups in total. The quantitative estimate of drug-likeness (QED) is 0.535. The Bertz CT molecular complexity index is 500. The predicted octanol–water partition coefficient (Wildman–Crippen LogP) is 0.204. The second-order valence-electron chi connectivity index (χ2n) is 4.26. The zero-order chi connectivity index (χ0) is 15.6. The first-order chi connectivity index (χ1) is 9.23. The fourth-order valence-electron chi connectivity index (χ4n) is 2.26. The molecule has 8 nitrogen and oxygen atoms in total. The summed E-state index contributed by atoms with van der Waals surface area (Å²) >= 11 is 0. The molecule has 0 saturated heterocycles. The maximum atomic E-state index is 11.4. The van der Waals surface area contributed by atoms with Crippen molar-refractivity contribution in [1.82, 2.24) is 0 Å². The van der Waals surface area contributed by atoms with Crippen LogP contribution in [0.4, 0.5) is 0 Å². The minimum Gasteiger partial charge on any atom is -0.480 e. The number of carboxylic acid groups (broad SMARTS) is 4. The number of allylic oxidation sites excluding steroid dienone is 3. The van der Waals surface area contributed by atoms with Gasteiger partial charge in [0.2, 0.25) is 5.41 Å². The normalized spacial score (nSPS) is 22.8. The fraction of sp³-hybridized carbons (Fsp3) is 0.333. The van der Waals surface area contributed by atoms with Crippen molar-refractivity contribution < 1.29 is 39.6 Å². The average Bonchev–Trinajstić information content (AvgIpc) is 2.27. The largest absolute Gasteiger partial charge is 0.480 e. The Morgan fingerprint density at radius 3 is 1.70 bits per heavy atom. The van der Waals surface area contributed by atoms with Crippen molar-refractivity contribution in [2.24, 2.45) is 10.8 Å². The van der Waals surface area contributed by atoms with E-state index in [2.05, 4.69) is 0 Å². The number of carboxylic acids is 4. The molecule has 0 atom stereocenters. The molecule has 0 spiro atoms. The molecule has 108 valence electrons. The number of hydrogen-bond acceptors (Lipinski definition) is 4. The van der Waals surface area contributed by atoms with Gasteiger partial charge in [-0.05, 0) is 12.8 Å². The van der Waals surface area contributed by atoms with E-state index in [1.807, 2.05) is 0 Å². The number of hydrogen-bond donors (Lipinski definition) is 4. The van der Waals surface area contributed by atoms with Crippen LogP contribution in [-0.4, -0.2) is 44.3 Å². The fourth-order valence-corrected chi connectivity index (χ4v) is 2.26. The van der Waals surface area contributed by atoms with Crippen LogP contribution in [0.2, 0.25) is 0 Å². The number of carbonyl (C=O) groups is 4. The smallest absolute Gasteiger partial charge is 0.326 e. The van der Waals surface area contributed by atoms with E-state index in [9.17, 15) is 39.6 Å². The van der Waals surface area contributed by atoms with Crippen molar-refractivity contribution in [1.29, 1.82) is 0 Å². The molecule has 0 fully saturated rings. The third-order valence-electron chi connectivity index (χ3n) is 3.36. The summed E-state index contributed by atoms with van der Waals surface area (Å²) in [6, 6.07) is 0. The maximum absolute atomic E-state index is 11.4. The Morgan fingerprint density at radius 1 is 0.800 bits per heavy atom. The van der Waals surface area contributed by atoms with Crippen LogP contribution in [-0.2, 0) is 19.2 Å². The van der Waals surface area contributed by atoms with Gasteiger partial charge in [0.15, 0.2) is 5.41 Å². The van der Waals surface area contributed by atoms with E-state index in [1.165, 1.54) is 12.2 Å². The highest BCUT2D eigenvalue weighted by atomic mass is 16.4. The lowest BCUT2D eigenvalue weighted by molar-refractivity contribution is -0.191. The second kappa shape index (κ2) is 5.16. The monoisotopic (exact) mass is 284 g/mol. The first-order valence-electron chi connectivity index (χ1n) is 5.51. The summed E-state index contributed by atoms with van der Waals surface area (Å²) in [6.45, 7) is 0. The highest BCUT2D eigenvalue weighted by Crippen LogP contribution is 2.47. The van der Waals surface area contributed by atoms with Gasteiger partial charge >= 0.3 is 23.9 Å². The summed E-state index contributed by atoms with van der Waals surface area (Å²) < 4.78 is 0. The summed E-state index contributed by atoms with van der Waals surface area (Å²) in [5.41, 5.74) is -6.08. The highest BCUT2D eigenvalue weighted by Gasteiger charge is 2.70. The molecule has 0 unspecified atom stereocenters. The molecule has 0 aliphatic heterocycles. The van der Waals surface area contributed by atoms with Crippen molar-refractivity contribution in [3.05, 3.63) is 24.3 Å². The topological polar surface area (TPSA) is 149 Å². The van der Waals surface area contributed by atoms with Crippen LogP contribution in [0.1, 0.15) is 12.8 Å². The lowest BCUT2D eigenvalue weighted by atomic mass is 9.60. The number of rotatable bonds is 4. The molecule has 0 saturated carbocycles. The minimum atomic E-state index is -3.09. The molecular formula is C12H12O8. The Balaban J connectivity index is 3.81. The number of aliphatic carboxylic acids is 4. The average molecular weight is 284 g/mol. The first-order valence-corrected chi connectivity index (χ1v) is 5.51. The molecule has 0 aromatic heterocycles. The van der Waals surface area contributed by atoms with Crippen LogP contribution in [0.15, 0.2) is 24.3 Å². The van der Waals surface area contributed by atoms with Crippen molar-refractivity contribution in [2.45, 2.75) is 12.8 Å². The summed E-state index contributed by atoms with van der Waals surface area (Å²) in [5, 5.41) is 36.9. The van der Waals surface area contributed by atoms with Crippen molar-refractivity contribution >= 4 is 23.9 Å². The van der Waals surface area contributed by atoms with Crippen molar-refractivity contribution in [2.75, 3.05) is 0 Å². The summed E-state index contributed by atoms with van der Waals surface area (Å²) in [5.74, 6) is -8.09. The van der Waals surface area contributed by atoms with Gasteiger partial charge in [0.05, 0.1) is 0 Å². The van der Waals surface area contributed by atoms with Crippen LogP contribution in [0.3, 0.4) is 0 Å². The molecule has 0 amide bonds. The van der Waals surface area contributed by atoms with Crippen LogP contribution in [0.25, 0.3) is 0 Å². The third kappa shape index (κ3) is 1.85. The van der Waals surface area contributed by atoms with Crippen molar-refractivity contribution in [3.63, 3.8) is 0 Å². The molecule has 0 aromatic carbocycles. The van der Waals surface area contributed by atoms with Gasteiger partial charge in [-0.15, -0.1) is 0 Å². The highest BCUT2D eigenvalue weighted by molar-refractivity contribution is 6.14. The summed E-state index contributed by atoms with van der Waals surface area (Å²) in [6.07, 6.45) is 3.67. The maximum Gasteiger partial charge on any atom is 0.326 e. The predicted molar refractivity (Wildman–Crippen MR) is 62.9 cm³/mol. The third-order valence-corrected chi connectivity index (χ3v) is 3.36. The lowest BCUT2D eigenvalue weighted by Crippen LogP contribution is -2.60. The molecular weight excluding hydrogens is 272 g/mol. The van der Waals surface area contributed by atoms with Crippen molar-refractivity contribution in [3.8, 4) is 0 Å². The van der Waals surface area contributed by atoms with Gasteiger partial charge in [-0.1, -0.05) is 24.3 Å². The SMILES string of the molecule is O=C(O)C1(C(=O)O)/C=C\C=C/CCC1(C(=O)O)C(=O)O. The van der Waals surface area contributed by atoms with E-state index in [4.69, 9.17) is 0 Å². The molecule has 1 rings (SSSR count). The molecule has 0 bridgehead atoms. The van der Waals surface area contributed by atoms with Crippen LogP contribution < -0.4 is 0 Å². The van der Waals surface area contributed by atoms with E-state index in [0.29, 0.717) is 6.08 Å². The minimum absolute atomic E-state index is 0.0781. The van der Waals surface area contributed by atoms with Gasteiger partial charge in [-0.25, -0.2) is 0 Å². The summed E-state index contributed by atoms with van der Waals surface area (Å²) in [4.78, 5) is 45.7. The molecule has 1 aliphatic rings. The molecule has 1 aliphatic carbocycles. The van der Waals surface area contributed by atoms with Gasteiger partial charge in [-0.3, -0.25) is 19.2 Å². The Kier molecular flexibility index (Phi) is 3.97. The van der Waals surface area contributed by atoms with Gasteiger partial charge in [0.25, 0.3) is 0 Å². The van der Waals surface area contributed by atoms with E-state index in [-0.39, 0.29) is 6.42 Å². The van der Waals surface area contributed by atoms with Gasteiger partial charge in [0, 0.05) is 0 Å². The molecule has 0 radical (unpaired) electrons. The van der Waals surface area contributed by atoms with Gasteiger partial charge in [0.1, 0.15) is 0 Å². The standard InChI is InChI=1S/C12H12O8/c13-7(14)11(8(15)16)5-3-1-2-4-6-12(11,9(17)18)10(19)20/h1-3,5H,4,6H2,(H,13,14)(H,15,16)(H,17,18)(H,19,20)/b2-1-,5-3-. The lowest BCUT2D eigenvalue weighted by Gasteiger charge is -2.37. The summed E-state index contributed by atoms with van der Waals surface area (Å²) in [7, 11) is 0. The van der Waals surface area contributed by atoms with Gasteiger partial charge < -0.3 is 20.4 Å². The Hall–Kier alpha value is -2.64. The molecule has 0 heterocycles. The zero-order valence-electron chi connectivity index (χ0n) is 10.1. The van der Waals surface area contributed by atoms with Gasteiger partial charge in [-0.2, -0.15) is 0 Å². The van der Waals surface area contributed by atoms with Crippen LogP contribution >= 0.6 is 0 Å². The zero-order valence-corrected chi connectivity index (χ0v) is 10.1. The second-order valence-corrected chi connectivity index (χ2v) is 4.26. The van der Waals surface area contributed by atoms with E-state index in [1.54, 1.807) is 0 Å². The van der Waals surface area contributed by atoms with E-state index >= 15 is 0 Å². The Morgan fingerprint density at radius 2 is 1.30 bits per heavy atom. The molecule has 0 aromatic rings. The molecule has 20 heavy (non-hydrogen) atoms. The van der Waals surface area contributed by atoms with Crippen LogP contribution in [0.5, 0.6) is 0 Å².